The van der Waals surface area contributed by atoms with E-state index in [2.05, 4.69) is 120 Å². The Morgan fingerprint density at radius 3 is 1.18 bits per heavy atom. The zero-order valence-corrected chi connectivity index (χ0v) is 48.6. The molecule has 9 rings (SSSR count). The Kier molecular flexibility index (Phi) is 17.0. The monoisotopic (exact) mass is 1070 g/mol. The first-order valence-electron chi connectivity index (χ1n) is 25.4. The van der Waals surface area contributed by atoms with E-state index in [1.165, 1.54) is 0 Å². The van der Waals surface area contributed by atoms with Crippen molar-refractivity contribution in [1.29, 1.82) is 0 Å². The molecule has 3 fully saturated rings. The molecule has 9 atom stereocenters. The molecule has 0 radical (unpaired) electrons. The predicted octanol–water partition coefficient (Wildman–Crippen LogP) is 12.6. The van der Waals surface area contributed by atoms with E-state index in [1.807, 2.05) is 55.9 Å². The summed E-state index contributed by atoms with van der Waals surface area (Å²) in [5.41, 5.74) is 2.63. The van der Waals surface area contributed by atoms with Gasteiger partial charge in [0.15, 0.2) is 16.6 Å². The summed E-state index contributed by atoms with van der Waals surface area (Å²) in [6.45, 7) is 31.0. The van der Waals surface area contributed by atoms with Crippen molar-refractivity contribution < 1.29 is 24.2 Å². The maximum Gasteiger partial charge on any atom is 0.192 e. The lowest BCUT2D eigenvalue weighted by Crippen LogP contribution is -2.45. The number of aliphatic hydroxyl groups excluding tert-OH is 3. The van der Waals surface area contributed by atoms with Gasteiger partial charge in [-0.1, -0.05) is 89.7 Å². The van der Waals surface area contributed by atoms with Crippen LogP contribution in [-0.4, -0.2) is 107 Å². The lowest BCUT2D eigenvalue weighted by atomic mass is 10.0. The van der Waals surface area contributed by atoms with Crippen LogP contribution in [0.25, 0.3) is 33.1 Å². The first kappa shape index (κ1) is 55.7. The first-order valence-corrected chi connectivity index (χ1v) is 32.4. The van der Waals surface area contributed by atoms with Gasteiger partial charge in [-0.2, -0.15) is 0 Å². The van der Waals surface area contributed by atoms with E-state index in [-0.39, 0.29) is 53.3 Å². The molecule has 6 aromatic rings. The van der Waals surface area contributed by atoms with Gasteiger partial charge < -0.3 is 37.9 Å². The second-order valence-corrected chi connectivity index (χ2v) is 34.0. The number of aliphatic hydroxyl groups is 3. The van der Waals surface area contributed by atoms with Crippen molar-refractivity contribution in [2.75, 3.05) is 13.2 Å². The molecule has 0 amide bonds. The van der Waals surface area contributed by atoms with Gasteiger partial charge in [0.1, 0.15) is 49.9 Å². The summed E-state index contributed by atoms with van der Waals surface area (Å²) in [5, 5.41) is 33.6. The van der Waals surface area contributed by atoms with Crippen molar-refractivity contribution >= 4 is 84.5 Å². The normalized spacial score (nSPS) is 25.3. The van der Waals surface area contributed by atoms with Gasteiger partial charge in [0, 0.05) is 67.9 Å². The Labute approximate surface area is 437 Å². The fraction of sp³-hybridized carbons (Fsp3) is 0.654. The quantitative estimate of drug-likeness (QED) is 0.0881. The van der Waals surface area contributed by atoms with Crippen LogP contribution in [0.1, 0.15) is 129 Å². The SMILES string of the molecule is CC[C@@H]1C[C@@H](n2ccc3c(Cl)nc(C)nc32)C[C@@H]1O[Si](C)(C)C(C)(C)C.Cc1nc(Cl)c2ccn([C@@H]3C[C@@H](CO)[C@@H](O)C3)c2n1.Cc1nc(Cl)c2ccn([C@@H]3C[C@@H](CO)[C@@H](O[Si](C)(C)C(C)(C)C)C3)c2n1. The van der Waals surface area contributed by atoms with E-state index in [0.29, 0.717) is 51.6 Å². The number of hydrogen-bond acceptors (Lipinski definition) is 11. The van der Waals surface area contributed by atoms with Crippen molar-refractivity contribution in [2.45, 2.75) is 187 Å². The molecule has 6 aromatic heterocycles. The van der Waals surface area contributed by atoms with Crippen molar-refractivity contribution in [2.24, 2.45) is 17.8 Å². The minimum Gasteiger partial charge on any atom is -0.414 e. The van der Waals surface area contributed by atoms with Gasteiger partial charge in [-0.05, 0) is 120 Å². The van der Waals surface area contributed by atoms with E-state index >= 15 is 0 Å². The molecule has 14 nitrogen and oxygen atoms in total. The highest BCUT2D eigenvalue weighted by atomic mass is 35.5. The van der Waals surface area contributed by atoms with Gasteiger partial charge in [0.25, 0.3) is 0 Å². The Balaban J connectivity index is 0.000000159. The average molecular weight is 1070 g/mol. The predicted molar refractivity (Wildman–Crippen MR) is 292 cm³/mol. The van der Waals surface area contributed by atoms with Gasteiger partial charge in [-0.25, -0.2) is 29.9 Å². The third kappa shape index (κ3) is 11.9. The summed E-state index contributed by atoms with van der Waals surface area (Å²) < 4.78 is 20.0. The lowest BCUT2D eigenvalue weighted by molar-refractivity contribution is 0.0906. The topological polar surface area (TPSA) is 171 Å². The van der Waals surface area contributed by atoms with Gasteiger partial charge in [-0.3, -0.25) is 0 Å². The van der Waals surface area contributed by atoms with Crippen LogP contribution in [0.4, 0.5) is 0 Å². The third-order valence-electron chi connectivity index (χ3n) is 16.4. The number of rotatable bonds is 10. The Hall–Kier alpha value is -3.04. The number of halogens is 3. The number of aromatic nitrogens is 9. The van der Waals surface area contributed by atoms with Crippen molar-refractivity contribution in [3.05, 3.63) is 69.7 Å². The van der Waals surface area contributed by atoms with Crippen LogP contribution in [0.5, 0.6) is 0 Å². The molecule has 3 saturated carbocycles. The van der Waals surface area contributed by atoms with Crippen LogP contribution in [0.3, 0.4) is 0 Å². The molecule has 3 aliphatic rings. The van der Waals surface area contributed by atoms with E-state index in [0.717, 1.165) is 77.4 Å². The number of aryl methyl sites for hydroxylation is 3. The van der Waals surface area contributed by atoms with Gasteiger partial charge in [-0.15, -0.1) is 0 Å². The molecule has 0 saturated heterocycles. The molecule has 6 heterocycles. The van der Waals surface area contributed by atoms with Crippen LogP contribution < -0.4 is 0 Å². The summed E-state index contributed by atoms with van der Waals surface area (Å²) in [6.07, 6.45) is 12.6. The van der Waals surface area contributed by atoms with Crippen LogP contribution in [0.2, 0.25) is 51.7 Å². The highest BCUT2D eigenvalue weighted by Crippen LogP contribution is 2.47. The van der Waals surface area contributed by atoms with Crippen LogP contribution >= 0.6 is 34.8 Å². The number of hydrogen-bond donors (Lipinski definition) is 3. The molecule has 3 N–H and O–H groups in total. The van der Waals surface area contributed by atoms with Crippen LogP contribution in [-0.2, 0) is 8.85 Å². The Bertz CT molecular complexity index is 2670. The molecule has 390 valence electrons. The Morgan fingerprint density at radius 1 is 0.535 bits per heavy atom. The summed E-state index contributed by atoms with van der Waals surface area (Å²) in [7, 11) is -3.65. The summed E-state index contributed by atoms with van der Waals surface area (Å²) in [6, 6.07) is 6.74. The molecule has 71 heavy (non-hydrogen) atoms. The summed E-state index contributed by atoms with van der Waals surface area (Å²) in [5.74, 6) is 2.74. The first-order chi connectivity index (χ1) is 33.2. The second-order valence-electron chi connectivity index (χ2n) is 23.4. The fourth-order valence-electron chi connectivity index (χ4n) is 10.3. The molecule has 19 heteroatoms. The maximum atomic E-state index is 9.93. The zero-order valence-electron chi connectivity index (χ0n) is 44.3. The maximum absolute atomic E-state index is 9.93. The highest BCUT2D eigenvalue weighted by molar-refractivity contribution is 6.74. The molecule has 0 aliphatic heterocycles. The van der Waals surface area contributed by atoms with E-state index in [9.17, 15) is 15.3 Å². The average Bonchev–Trinajstić information content (AvgIpc) is 4.13. The van der Waals surface area contributed by atoms with Crippen molar-refractivity contribution in [1.82, 2.24) is 43.6 Å². The van der Waals surface area contributed by atoms with Crippen LogP contribution in [0.15, 0.2) is 36.8 Å². The number of fused-ring (bicyclic) bond motifs is 3. The van der Waals surface area contributed by atoms with Crippen LogP contribution in [0, 0.1) is 38.5 Å². The fourth-order valence-corrected chi connectivity index (χ4v) is 13.9. The van der Waals surface area contributed by atoms with Gasteiger partial charge in [0.2, 0.25) is 0 Å². The van der Waals surface area contributed by atoms with E-state index in [4.69, 9.17) is 43.7 Å². The molecular weight excluding hydrogens is 993 g/mol. The smallest absolute Gasteiger partial charge is 0.192 e. The third-order valence-corrected chi connectivity index (χ3v) is 26.3. The second kappa shape index (κ2) is 21.7. The van der Waals surface area contributed by atoms with Crippen molar-refractivity contribution in [3.8, 4) is 0 Å². The van der Waals surface area contributed by atoms with Crippen molar-refractivity contribution in [3.63, 3.8) is 0 Å². The molecule has 0 bridgehead atoms. The largest absolute Gasteiger partial charge is 0.414 e. The molecule has 0 spiro atoms. The minimum atomic E-state index is -1.88. The molecular formula is C52H78Cl3N9O5Si2. The highest BCUT2D eigenvalue weighted by Gasteiger charge is 2.46. The van der Waals surface area contributed by atoms with Gasteiger partial charge >= 0.3 is 0 Å². The summed E-state index contributed by atoms with van der Waals surface area (Å²) in [4.78, 5) is 26.4. The zero-order chi connectivity index (χ0) is 52.1. The van der Waals surface area contributed by atoms with E-state index < -0.39 is 22.7 Å². The lowest BCUT2D eigenvalue weighted by Gasteiger charge is -2.39. The number of nitrogens with zero attached hydrogens (tertiary/aromatic N) is 9. The molecule has 3 aliphatic carbocycles. The molecule has 0 aromatic carbocycles. The summed E-state index contributed by atoms with van der Waals surface area (Å²) >= 11 is 18.7. The standard InChI is InChI=1S/C20H32ClN3OSi.C19H30ClN3O2Si.C13H16ClN3O2/c1-8-14-11-15(12-17(14)25-26(6,7)20(3,4)5)24-10-9-16-18(21)22-13(2)23-19(16)24;1-12-21-17(20)15-7-8-23(18(15)22-12)14-9-13(11-24)16(10-14)25-26(5,6)19(2,3)4;1-7-15-12(14)10-2-3-17(13(10)16-7)9-4-8(6-18)11(19)5-9/h9-10,14-15,17H,8,11-12H2,1-7H3;7-8,13-14,16,24H,9-11H2,1-6H3;2-3,8-9,11,18-19H,4-6H2,1H3/t14-,15-,17+;13-,14+,16-;8-,9+,11-/m100/s1. The molecule has 0 unspecified atom stereocenters. The Morgan fingerprint density at radius 2 is 0.859 bits per heavy atom. The minimum absolute atomic E-state index is 0.0195. The van der Waals surface area contributed by atoms with Gasteiger partial charge in [0.05, 0.1) is 28.4 Å². The van der Waals surface area contributed by atoms with E-state index in [1.54, 1.807) is 0 Å².